The zero-order valence-electron chi connectivity index (χ0n) is 13.1. The van der Waals surface area contributed by atoms with E-state index in [-0.39, 0.29) is 5.91 Å². The Balaban J connectivity index is 1.70. The summed E-state index contributed by atoms with van der Waals surface area (Å²) in [5.74, 6) is 0.0631. The summed E-state index contributed by atoms with van der Waals surface area (Å²) in [7, 11) is 0. The van der Waals surface area contributed by atoms with Gasteiger partial charge in [0.1, 0.15) is 0 Å². The number of rotatable bonds is 2. The molecule has 0 aromatic heterocycles. The molecule has 2 aromatic carbocycles. The standard InChI is InChI=1S/C18H17ClN2O2S/c19-13-5-6-17-15(11-13)21(14-3-1-2-4-16(14)24-17)18(22)12-20-7-9-23-10-8-20/h1-6,11H,7-10,12H2. The molecule has 0 atom stereocenters. The predicted octanol–water partition coefficient (Wildman–Crippen LogP) is 3.80. The van der Waals surface area contributed by atoms with Crippen LogP contribution in [0.15, 0.2) is 52.3 Å². The summed E-state index contributed by atoms with van der Waals surface area (Å²) in [5, 5.41) is 0.637. The minimum atomic E-state index is 0.0631. The summed E-state index contributed by atoms with van der Waals surface area (Å²) in [4.78, 5) is 19.2. The lowest BCUT2D eigenvalue weighted by molar-refractivity contribution is -0.120. The summed E-state index contributed by atoms with van der Waals surface area (Å²) < 4.78 is 5.37. The van der Waals surface area contributed by atoms with E-state index >= 15 is 0 Å². The van der Waals surface area contributed by atoms with Crippen LogP contribution in [0.4, 0.5) is 11.4 Å². The quantitative estimate of drug-likeness (QED) is 0.815. The van der Waals surface area contributed by atoms with Gasteiger partial charge in [-0.3, -0.25) is 14.6 Å². The van der Waals surface area contributed by atoms with E-state index in [0.29, 0.717) is 24.8 Å². The molecule has 1 fully saturated rings. The molecule has 0 aliphatic carbocycles. The van der Waals surface area contributed by atoms with Crippen molar-refractivity contribution in [3.8, 4) is 0 Å². The third-order valence-electron chi connectivity index (χ3n) is 4.20. The summed E-state index contributed by atoms with van der Waals surface area (Å²) in [5.41, 5.74) is 1.79. The molecule has 1 amide bonds. The topological polar surface area (TPSA) is 32.8 Å². The number of ether oxygens (including phenoxy) is 1. The first-order valence-electron chi connectivity index (χ1n) is 7.92. The van der Waals surface area contributed by atoms with E-state index in [1.807, 2.05) is 47.4 Å². The second-order valence-electron chi connectivity index (χ2n) is 5.80. The number of fused-ring (bicyclic) bond motifs is 2. The Morgan fingerprint density at radius 3 is 2.67 bits per heavy atom. The number of amides is 1. The minimum Gasteiger partial charge on any atom is -0.379 e. The van der Waals surface area contributed by atoms with Crippen molar-refractivity contribution in [2.24, 2.45) is 0 Å². The van der Waals surface area contributed by atoms with Gasteiger partial charge in [0, 0.05) is 27.9 Å². The van der Waals surface area contributed by atoms with Crippen LogP contribution in [0, 0.1) is 0 Å². The highest BCUT2D eigenvalue weighted by Crippen LogP contribution is 2.48. The van der Waals surface area contributed by atoms with Gasteiger partial charge in [0.05, 0.1) is 31.1 Å². The Bertz CT molecular complexity index is 777. The third kappa shape index (κ3) is 3.05. The lowest BCUT2D eigenvalue weighted by atomic mass is 10.2. The monoisotopic (exact) mass is 360 g/mol. The molecule has 0 unspecified atom stereocenters. The number of carbonyl (C=O) groups excluding carboxylic acids is 1. The fourth-order valence-corrected chi connectivity index (χ4v) is 4.22. The van der Waals surface area contributed by atoms with Crippen molar-refractivity contribution in [3.05, 3.63) is 47.5 Å². The number of halogens is 1. The van der Waals surface area contributed by atoms with Crippen LogP contribution in [0.2, 0.25) is 5.02 Å². The maximum absolute atomic E-state index is 13.1. The predicted molar refractivity (Wildman–Crippen MR) is 96.4 cm³/mol. The smallest absolute Gasteiger partial charge is 0.245 e. The molecule has 4 rings (SSSR count). The fraction of sp³-hybridized carbons (Fsp3) is 0.278. The number of nitrogens with zero attached hydrogens (tertiary/aromatic N) is 2. The van der Waals surface area contributed by atoms with Crippen LogP contribution in [-0.2, 0) is 9.53 Å². The van der Waals surface area contributed by atoms with Crippen LogP contribution in [0.3, 0.4) is 0 Å². The van der Waals surface area contributed by atoms with Crippen molar-refractivity contribution in [2.75, 3.05) is 37.7 Å². The molecule has 24 heavy (non-hydrogen) atoms. The molecule has 4 nitrogen and oxygen atoms in total. The Morgan fingerprint density at radius 1 is 1.08 bits per heavy atom. The van der Waals surface area contributed by atoms with Gasteiger partial charge in [0.15, 0.2) is 0 Å². The molecular weight excluding hydrogens is 344 g/mol. The summed E-state index contributed by atoms with van der Waals surface area (Å²) >= 11 is 7.86. The van der Waals surface area contributed by atoms with Crippen LogP contribution >= 0.6 is 23.4 Å². The van der Waals surface area contributed by atoms with Gasteiger partial charge in [0.25, 0.3) is 0 Å². The number of hydrogen-bond acceptors (Lipinski definition) is 4. The maximum Gasteiger partial charge on any atom is 0.245 e. The van der Waals surface area contributed by atoms with Gasteiger partial charge < -0.3 is 4.74 Å². The lowest BCUT2D eigenvalue weighted by Gasteiger charge is -2.33. The average molecular weight is 361 g/mol. The number of morpholine rings is 1. The van der Waals surface area contributed by atoms with Crippen LogP contribution in [0.1, 0.15) is 0 Å². The molecule has 0 radical (unpaired) electrons. The van der Waals surface area contributed by atoms with Crippen LogP contribution in [0.25, 0.3) is 0 Å². The third-order valence-corrected chi connectivity index (χ3v) is 5.57. The van der Waals surface area contributed by atoms with Crippen molar-refractivity contribution in [1.29, 1.82) is 0 Å². The van der Waals surface area contributed by atoms with Crippen molar-refractivity contribution in [2.45, 2.75) is 9.79 Å². The minimum absolute atomic E-state index is 0.0631. The number of anilines is 2. The largest absolute Gasteiger partial charge is 0.379 e. The molecule has 2 aromatic rings. The van der Waals surface area contributed by atoms with E-state index in [0.717, 1.165) is 34.3 Å². The molecule has 2 aliphatic heterocycles. The number of benzene rings is 2. The zero-order chi connectivity index (χ0) is 16.5. The van der Waals surface area contributed by atoms with E-state index in [2.05, 4.69) is 4.90 Å². The van der Waals surface area contributed by atoms with Gasteiger partial charge in [-0.05, 0) is 30.3 Å². The van der Waals surface area contributed by atoms with E-state index in [9.17, 15) is 4.79 Å². The van der Waals surface area contributed by atoms with E-state index in [1.165, 1.54) is 0 Å². The highest BCUT2D eigenvalue weighted by molar-refractivity contribution is 7.99. The van der Waals surface area contributed by atoms with Crippen molar-refractivity contribution in [1.82, 2.24) is 4.90 Å². The summed E-state index contributed by atoms with van der Waals surface area (Å²) in [6, 6.07) is 13.7. The maximum atomic E-state index is 13.1. The van der Waals surface area contributed by atoms with Crippen molar-refractivity contribution < 1.29 is 9.53 Å². The van der Waals surface area contributed by atoms with Gasteiger partial charge in [-0.25, -0.2) is 0 Å². The van der Waals surface area contributed by atoms with Gasteiger partial charge >= 0.3 is 0 Å². The molecule has 124 valence electrons. The fourth-order valence-electron chi connectivity index (χ4n) is 3.02. The first kappa shape index (κ1) is 16.0. The van der Waals surface area contributed by atoms with Crippen molar-refractivity contribution in [3.63, 3.8) is 0 Å². The van der Waals surface area contributed by atoms with E-state index in [1.54, 1.807) is 11.8 Å². The Morgan fingerprint density at radius 2 is 1.83 bits per heavy atom. The SMILES string of the molecule is O=C(CN1CCOCC1)N1c2ccccc2Sc2ccc(Cl)cc21. The van der Waals surface area contributed by atoms with Crippen LogP contribution < -0.4 is 4.90 Å². The average Bonchev–Trinajstić information content (AvgIpc) is 2.60. The summed E-state index contributed by atoms with van der Waals surface area (Å²) in [6.45, 7) is 3.33. The van der Waals surface area contributed by atoms with E-state index < -0.39 is 0 Å². The first-order valence-corrected chi connectivity index (χ1v) is 9.11. The molecule has 0 saturated carbocycles. The van der Waals surface area contributed by atoms with Gasteiger partial charge in [-0.15, -0.1) is 0 Å². The Labute approximate surface area is 150 Å². The first-order chi connectivity index (χ1) is 11.7. The van der Waals surface area contributed by atoms with Gasteiger partial charge in [-0.2, -0.15) is 0 Å². The molecule has 2 heterocycles. The van der Waals surface area contributed by atoms with Gasteiger partial charge in [-0.1, -0.05) is 35.5 Å². The van der Waals surface area contributed by atoms with Crippen molar-refractivity contribution >= 4 is 40.6 Å². The molecule has 1 saturated heterocycles. The Kier molecular flexibility index (Phi) is 4.50. The van der Waals surface area contributed by atoms with E-state index in [4.69, 9.17) is 16.3 Å². The normalized spacial score (nSPS) is 17.3. The number of para-hydroxylation sites is 1. The Hall–Kier alpha value is -1.53. The summed E-state index contributed by atoms with van der Waals surface area (Å²) in [6.07, 6.45) is 0. The number of carbonyl (C=O) groups is 1. The second kappa shape index (κ2) is 6.76. The molecular formula is C18H17ClN2O2S. The van der Waals surface area contributed by atoms with Gasteiger partial charge in [0.2, 0.25) is 5.91 Å². The lowest BCUT2D eigenvalue weighted by Crippen LogP contribution is -2.44. The highest BCUT2D eigenvalue weighted by atomic mass is 35.5. The number of hydrogen-bond donors (Lipinski definition) is 0. The molecule has 0 spiro atoms. The molecule has 2 aliphatic rings. The molecule has 0 N–H and O–H groups in total. The van der Waals surface area contributed by atoms with Crippen LogP contribution in [0.5, 0.6) is 0 Å². The molecule has 0 bridgehead atoms. The second-order valence-corrected chi connectivity index (χ2v) is 7.32. The highest BCUT2D eigenvalue weighted by Gasteiger charge is 2.29. The molecule has 6 heteroatoms. The zero-order valence-corrected chi connectivity index (χ0v) is 14.6. The van der Waals surface area contributed by atoms with Crippen LogP contribution in [-0.4, -0.2) is 43.7 Å².